The van der Waals surface area contributed by atoms with Gasteiger partial charge >= 0.3 is 12.0 Å². The summed E-state index contributed by atoms with van der Waals surface area (Å²) in [4.78, 5) is 50.6. The lowest BCUT2D eigenvalue weighted by molar-refractivity contribution is -0.130. The zero-order chi connectivity index (χ0) is 30.4. The number of hydrogen-bond donors (Lipinski definition) is 2. The number of halogens is 2. The summed E-state index contributed by atoms with van der Waals surface area (Å²) in [6, 6.07) is 13.9. The number of amides is 4. The van der Waals surface area contributed by atoms with E-state index in [1.165, 1.54) is 25.3 Å². The fourth-order valence-corrected chi connectivity index (χ4v) is 5.48. The monoisotopic (exact) mass is 700 g/mol. The van der Waals surface area contributed by atoms with Gasteiger partial charge in [-0.2, -0.15) is 0 Å². The van der Waals surface area contributed by atoms with Crippen LogP contribution in [0.3, 0.4) is 0 Å². The van der Waals surface area contributed by atoms with Crippen molar-refractivity contribution in [1.82, 2.24) is 10.2 Å². The number of methoxy groups -OCH3 is 1. The average molecular weight is 702 g/mol. The fraction of sp³-hybridized carbons (Fsp3) is 0.200. The van der Waals surface area contributed by atoms with Crippen molar-refractivity contribution >= 4 is 61.8 Å². The summed E-state index contributed by atoms with van der Waals surface area (Å²) >= 11 is 6.93. The molecule has 0 aliphatic carbocycles. The minimum atomic E-state index is -1.01. The number of urea groups is 1. The Morgan fingerprint density at radius 3 is 2.24 bits per heavy atom. The minimum Gasteiger partial charge on any atom is -0.493 e. The van der Waals surface area contributed by atoms with Gasteiger partial charge in [0.1, 0.15) is 17.9 Å². The van der Waals surface area contributed by atoms with Gasteiger partial charge in [-0.25, -0.2) is 9.59 Å². The second-order valence-electron chi connectivity index (χ2n) is 9.15. The van der Waals surface area contributed by atoms with Crippen molar-refractivity contribution in [3.05, 3.63) is 91.4 Å². The van der Waals surface area contributed by atoms with Gasteiger partial charge in [-0.3, -0.25) is 19.8 Å². The Bertz CT molecular complexity index is 1550. The topological polar surface area (TPSA) is 131 Å². The molecule has 0 bridgehead atoms. The highest BCUT2D eigenvalue weighted by Crippen LogP contribution is 2.36. The Labute approximate surface area is 258 Å². The minimum absolute atomic E-state index is 0.0900. The van der Waals surface area contributed by atoms with Crippen molar-refractivity contribution in [2.45, 2.75) is 26.5 Å². The number of carbonyl (C=O) groups excluding carboxylic acids is 3. The van der Waals surface area contributed by atoms with Crippen LogP contribution >= 0.6 is 31.9 Å². The van der Waals surface area contributed by atoms with Gasteiger partial charge < -0.3 is 19.3 Å². The van der Waals surface area contributed by atoms with Crippen molar-refractivity contribution < 1.29 is 38.5 Å². The van der Waals surface area contributed by atoms with Crippen LogP contribution in [0.2, 0.25) is 0 Å². The van der Waals surface area contributed by atoms with E-state index in [0.29, 0.717) is 43.9 Å². The molecular formula is C30H26Br2N2O8. The Morgan fingerprint density at radius 1 is 0.952 bits per heavy atom. The first-order valence-corrected chi connectivity index (χ1v) is 14.3. The number of benzene rings is 3. The molecule has 0 saturated carbocycles. The predicted octanol–water partition coefficient (Wildman–Crippen LogP) is 5.95. The number of nitrogens with zero attached hydrogens (tertiary/aromatic N) is 1. The highest BCUT2D eigenvalue weighted by Gasteiger charge is 2.36. The van der Waals surface area contributed by atoms with E-state index in [2.05, 4.69) is 37.2 Å². The van der Waals surface area contributed by atoms with Crippen LogP contribution in [0.5, 0.6) is 17.2 Å². The van der Waals surface area contributed by atoms with Crippen molar-refractivity contribution in [3.8, 4) is 17.2 Å². The molecule has 1 saturated heterocycles. The van der Waals surface area contributed by atoms with E-state index >= 15 is 0 Å². The highest BCUT2D eigenvalue weighted by molar-refractivity contribution is 9.11. The van der Waals surface area contributed by atoms with Gasteiger partial charge in [-0.05, 0) is 97.4 Å². The number of imide groups is 2. The van der Waals surface area contributed by atoms with Crippen LogP contribution in [0.4, 0.5) is 4.79 Å². The molecule has 1 aliphatic heterocycles. The van der Waals surface area contributed by atoms with Gasteiger partial charge in [0.05, 0.1) is 34.8 Å². The third kappa shape index (κ3) is 7.18. The van der Waals surface area contributed by atoms with E-state index in [9.17, 15) is 19.2 Å². The summed E-state index contributed by atoms with van der Waals surface area (Å²) in [5.41, 5.74) is 1.83. The van der Waals surface area contributed by atoms with E-state index in [4.69, 9.17) is 19.3 Å². The summed E-state index contributed by atoms with van der Waals surface area (Å²) in [7, 11) is 1.50. The molecule has 4 rings (SSSR count). The third-order valence-electron chi connectivity index (χ3n) is 6.13. The zero-order valence-corrected chi connectivity index (χ0v) is 25.8. The Kier molecular flexibility index (Phi) is 10.0. The molecule has 0 atom stereocenters. The quantitative estimate of drug-likeness (QED) is 0.185. The lowest BCUT2D eigenvalue weighted by Gasteiger charge is -2.26. The van der Waals surface area contributed by atoms with Crippen LogP contribution < -0.4 is 19.5 Å². The Balaban J connectivity index is 1.52. The second-order valence-corrected chi connectivity index (χ2v) is 10.9. The van der Waals surface area contributed by atoms with Gasteiger partial charge in [0, 0.05) is 0 Å². The van der Waals surface area contributed by atoms with Crippen molar-refractivity contribution in [3.63, 3.8) is 0 Å². The normalized spacial score (nSPS) is 14.1. The number of barbiturate groups is 1. The SMILES string of the molecule is CCCOc1ccc(CN2C(=O)NC(=O)/C(=C\c3cc(Br)c(OCc4ccc(C(=O)O)cc4)c(Br)c3)C2=O)cc1OC. The lowest BCUT2D eigenvalue weighted by atomic mass is 10.1. The van der Waals surface area contributed by atoms with Crippen LogP contribution in [0, 0.1) is 0 Å². The van der Waals surface area contributed by atoms with Gasteiger partial charge in [0.2, 0.25) is 0 Å². The van der Waals surface area contributed by atoms with E-state index in [-0.39, 0.29) is 24.3 Å². The molecule has 1 aliphatic rings. The Morgan fingerprint density at radius 2 is 1.62 bits per heavy atom. The molecule has 42 heavy (non-hydrogen) atoms. The number of carboxylic acid groups (broad SMARTS) is 1. The van der Waals surface area contributed by atoms with Gasteiger partial charge in [0.15, 0.2) is 11.5 Å². The first-order valence-electron chi connectivity index (χ1n) is 12.7. The molecule has 0 radical (unpaired) electrons. The summed E-state index contributed by atoms with van der Waals surface area (Å²) in [5, 5.41) is 11.3. The molecule has 0 unspecified atom stereocenters. The number of carbonyl (C=O) groups is 4. The van der Waals surface area contributed by atoms with Gasteiger partial charge in [-0.1, -0.05) is 25.1 Å². The summed E-state index contributed by atoms with van der Waals surface area (Å²) in [5.74, 6) is -1.08. The summed E-state index contributed by atoms with van der Waals surface area (Å²) in [6.07, 6.45) is 2.22. The average Bonchev–Trinajstić information content (AvgIpc) is 2.96. The standard InChI is InChI=1S/C30H26Br2N2O8/c1-3-10-41-24-9-6-18(14-25(24)40-2)15-34-28(36)21(27(35)33-30(34)39)11-19-12-22(31)26(23(32)13-19)42-16-17-4-7-20(8-5-17)29(37)38/h4-9,11-14H,3,10,15-16H2,1-2H3,(H,37,38)(H,33,35,39)/b21-11+. The molecule has 1 heterocycles. The van der Waals surface area contributed by atoms with Crippen molar-refractivity contribution in [1.29, 1.82) is 0 Å². The number of nitrogens with one attached hydrogen (secondary N) is 1. The van der Waals surface area contributed by atoms with Crippen LogP contribution in [0.15, 0.2) is 69.1 Å². The smallest absolute Gasteiger partial charge is 0.335 e. The Hall–Kier alpha value is -4.16. The number of carboxylic acids is 1. The maximum Gasteiger partial charge on any atom is 0.335 e. The molecule has 3 aromatic carbocycles. The number of hydrogen-bond acceptors (Lipinski definition) is 7. The number of ether oxygens (including phenoxy) is 3. The van der Waals surface area contributed by atoms with Gasteiger partial charge in [0.25, 0.3) is 11.8 Å². The molecule has 12 heteroatoms. The first kappa shape index (κ1) is 30.8. The first-order chi connectivity index (χ1) is 20.1. The van der Waals surface area contributed by atoms with E-state index in [1.54, 1.807) is 42.5 Å². The molecule has 1 fully saturated rings. The highest BCUT2D eigenvalue weighted by atomic mass is 79.9. The summed E-state index contributed by atoms with van der Waals surface area (Å²) in [6.45, 7) is 2.58. The second kappa shape index (κ2) is 13.7. The number of aromatic carboxylic acids is 1. The maximum atomic E-state index is 13.3. The fourth-order valence-electron chi connectivity index (χ4n) is 4.03. The molecule has 4 amide bonds. The molecule has 218 valence electrons. The molecule has 0 aromatic heterocycles. The molecule has 10 nitrogen and oxygen atoms in total. The predicted molar refractivity (Wildman–Crippen MR) is 160 cm³/mol. The zero-order valence-electron chi connectivity index (χ0n) is 22.6. The van der Waals surface area contributed by atoms with Gasteiger partial charge in [-0.15, -0.1) is 0 Å². The van der Waals surface area contributed by atoms with E-state index in [1.807, 2.05) is 6.92 Å². The largest absolute Gasteiger partial charge is 0.493 e. The molecule has 0 spiro atoms. The van der Waals surface area contributed by atoms with Crippen LogP contribution in [0.25, 0.3) is 6.08 Å². The summed E-state index contributed by atoms with van der Waals surface area (Å²) < 4.78 is 18.1. The lowest BCUT2D eigenvalue weighted by Crippen LogP contribution is -2.53. The van der Waals surface area contributed by atoms with Crippen molar-refractivity contribution in [2.75, 3.05) is 13.7 Å². The molecule has 2 N–H and O–H groups in total. The van der Waals surface area contributed by atoms with Crippen LogP contribution in [-0.4, -0.2) is 47.5 Å². The third-order valence-corrected chi connectivity index (χ3v) is 7.31. The van der Waals surface area contributed by atoms with Crippen LogP contribution in [0.1, 0.15) is 40.4 Å². The van der Waals surface area contributed by atoms with Crippen molar-refractivity contribution in [2.24, 2.45) is 0 Å². The maximum absolute atomic E-state index is 13.3. The number of rotatable bonds is 11. The van der Waals surface area contributed by atoms with Crippen LogP contribution in [-0.2, 0) is 22.7 Å². The van der Waals surface area contributed by atoms with E-state index < -0.39 is 23.8 Å². The molecule has 3 aromatic rings. The molecular weight excluding hydrogens is 676 g/mol. The van der Waals surface area contributed by atoms with E-state index in [0.717, 1.165) is 16.9 Å².